The van der Waals surface area contributed by atoms with Crippen LogP contribution in [0.4, 0.5) is 0 Å². The average molecular weight is 314 g/mol. The topological polar surface area (TPSA) is 74.8 Å². The Labute approximate surface area is 135 Å². The second-order valence-corrected chi connectivity index (χ2v) is 6.74. The van der Waals surface area contributed by atoms with E-state index in [2.05, 4.69) is 34.8 Å². The van der Waals surface area contributed by atoms with E-state index in [0.29, 0.717) is 11.9 Å². The number of nitrogens with zero attached hydrogens (tertiary/aromatic N) is 1. The van der Waals surface area contributed by atoms with E-state index in [1.807, 2.05) is 27.7 Å². The predicted octanol–water partition coefficient (Wildman–Crippen LogP) is 1.52. The van der Waals surface area contributed by atoms with Crippen LogP contribution in [0.15, 0.2) is 4.99 Å². The standard InChI is InChI=1S/C16H34N4O2/c1-7-17-15(18-9-8-10-22-12-13(2)3)19-11-14(21)20-16(4,5)6/h13H,7-12H2,1-6H3,(H,20,21)(H2,17,18,19). The third-order valence-corrected chi connectivity index (χ3v) is 2.45. The van der Waals surface area contributed by atoms with Crippen molar-refractivity contribution in [1.29, 1.82) is 0 Å². The van der Waals surface area contributed by atoms with Gasteiger partial charge in [0.15, 0.2) is 5.96 Å². The molecule has 130 valence electrons. The molecule has 6 heteroatoms. The summed E-state index contributed by atoms with van der Waals surface area (Å²) in [6.45, 7) is 15.3. The van der Waals surface area contributed by atoms with Gasteiger partial charge in [0.2, 0.25) is 5.91 Å². The molecule has 0 saturated heterocycles. The molecular formula is C16H34N4O2. The molecule has 0 aliphatic heterocycles. The molecule has 0 saturated carbocycles. The Morgan fingerprint density at radius 3 is 2.45 bits per heavy atom. The summed E-state index contributed by atoms with van der Waals surface area (Å²) in [4.78, 5) is 16.0. The van der Waals surface area contributed by atoms with Gasteiger partial charge in [-0.2, -0.15) is 0 Å². The monoisotopic (exact) mass is 314 g/mol. The average Bonchev–Trinajstić information content (AvgIpc) is 2.37. The Morgan fingerprint density at radius 1 is 1.23 bits per heavy atom. The Morgan fingerprint density at radius 2 is 1.91 bits per heavy atom. The van der Waals surface area contributed by atoms with Gasteiger partial charge in [-0.05, 0) is 40.0 Å². The number of carbonyl (C=O) groups excluding carboxylic acids is 1. The summed E-state index contributed by atoms with van der Waals surface area (Å²) in [6.07, 6.45) is 0.908. The zero-order chi connectivity index (χ0) is 17.0. The van der Waals surface area contributed by atoms with Crippen molar-refractivity contribution in [3.05, 3.63) is 0 Å². The Balaban J connectivity index is 4.03. The maximum absolute atomic E-state index is 11.8. The van der Waals surface area contributed by atoms with E-state index < -0.39 is 0 Å². The fraction of sp³-hybridized carbons (Fsp3) is 0.875. The molecule has 0 radical (unpaired) electrons. The maximum atomic E-state index is 11.8. The van der Waals surface area contributed by atoms with Crippen LogP contribution in [0.5, 0.6) is 0 Å². The van der Waals surface area contributed by atoms with Gasteiger partial charge in [-0.3, -0.25) is 4.79 Å². The first kappa shape index (κ1) is 20.7. The number of guanidine groups is 1. The Kier molecular flexibility index (Phi) is 10.6. The number of hydrogen-bond acceptors (Lipinski definition) is 3. The lowest BCUT2D eigenvalue weighted by Gasteiger charge is -2.20. The smallest absolute Gasteiger partial charge is 0.242 e. The number of nitrogens with one attached hydrogen (secondary N) is 3. The number of ether oxygens (including phenoxy) is 1. The highest BCUT2D eigenvalue weighted by atomic mass is 16.5. The van der Waals surface area contributed by atoms with Crippen molar-refractivity contribution in [2.75, 3.05) is 32.8 Å². The number of rotatable bonds is 9. The zero-order valence-corrected chi connectivity index (χ0v) is 15.1. The highest BCUT2D eigenvalue weighted by Gasteiger charge is 2.13. The van der Waals surface area contributed by atoms with Crippen molar-refractivity contribution in [3.63, 3.8) is 0 Å². The molecular weight excluding hydrogens is 280 g/mol. The zero-order valence-electron chi connectivity index (χ0n) is 15.1. The van der Waals surface area contributed by atoms with E-state index in [9.17, 15) is 4.79 Å². The minimum absolute atomic E-state index is 0.0787. The van der Waals surface area contributed by atoms with E-state index in [1.54, 1.807) is 0 Å². The van der Waals surface area contributed by atoms with Gasteiger partial charge in [0.05, 0.1) is 0 Å². The summed E-state index contributed by atoms with van der Waals surface area (Å²) in [5, 5.41) is 9.22. The minimum atomic E-state index is -0.230. The van der Waals surface area contributed by atoms with Gasteiger partial charge < -0.3 is 20.7 Å². The van der Waals surface area contributed by atoms with Gasteiger partial charge in [-0.25, -0.2) is 4.99 Å². The molecule has 0 aromatic rings. The molecule has 0 fully saturated rings. The Hall–Kier alpha value is -1.30. The summed E-state index contributed by atoms with van der Waals surface area (Å²) < 4.78 is 5.53. The number of hydrogen-bond donors (Lipinski definition) is 3. The molecule has 0 aliphatic carbocycles. The Bertz CT molecular complexity index is 336. The van der Waals surface area contributed by atoms with Gasteiger partial charge in [0, 0.05) is 31.8 Å². The molecule has 3 N–H and O–H groups in total. The van der Waals surface area contributed by atoms with Gasteiger partial charge in [0.1, 0.15) is 6.54 Å². The van der Waals surface area contributed by atoms with Crippen molar-refractivity contribution in [2.24, 2.45) is 10.9 Å². The van der Waals surface area contributed by atoms with Crippen LogP contribution in [0.1, 0.15) is 48.0 Å². The molecule has 0 spiro atoms. The molecule has 0 aliphatic rings. The van der Waals surface area contributed by atoms with Crippen LogP contribution in [0.3, 0.4) is 0 Å². The number of carbonyl (C=O) groups is 1. The SMILES string of the molecule is CCNC(=NCC(=O)NC(C)(C)C)NCCCOCC(C)C. The molecule has 1 amide bonds. The van der Waals surface area contributed by atoms with Crippen LogP contribution >= 0.6 is 0 Å². The molecule has 0 aromatic carbocycles. The molecule has 0 heterocycles. The quantitative estimate of drug-likeness (QED) is 0.343. The van der Waals surface area contributed by atoms with E-state index in [4.69, 9.17) is 4.74 Å². The van der Waals surface area contributed by atoms with Crippen LogP contribution in [0.25, 0.3) is 0 Å². The van der Waals surface area contributed by atoms with E-state index >= 15 is 0 Å². The van der Waals surface area contributed by atoms with Crippen LogP contribution in [0, 0.1) is 5.92 Å². The van der Waals surface area contributed by atoms with Crippen molar-refractivity contribution >= 4 is 11.9 Å². The van der Waals surface area contributed by atoms with Crippen molar-refractivity contribution in [2.45, 2.75) is 53.5 Å². The van der Waals surface area contributed by atoms with Gasteiger partial charge in [-0.1, -0.05) is 13.8 Å². The van der Waals surface area contributed by atoms with Crippen LogP contribution in [-0.2, 0) is 9.53 Å². The van der Waals surface area contributed by atoms with Crippen molar-refractivity contribution in [1.82, 2.24) is 16.0 Å². The summed E-state index contributed by atoms with van der Waals surface area (Å²) >= 11 is 0. The summed E-state index contributed by atoms with van der Waals surface area (Å²) in [7, 11) is 0. The molecule has 0 atom stereocenters. The molecule has 6 nitrogen and oxygen atoms in total. The van der Waals surface area contributed by atoms with Crippen molar-refractivity contribution < 1.29 is 9.53 Å². The van der Waals surface area contributed by atoms with Crippen LogP contribution < -0.4 is 16.0 Å². The highest BCUT2D eigenvalue weighted by molar-refractivity contribution is 5.85. The number of amides is 1. The first-order chi connectivity index (χ1) is 10.2. The van der Waals surface area contributed by atoms with Gasteiger partial charge >= 0.3 is 0 Å². The summed E-state index contributed by atoms with van der Waals surface area (Å²) in [6, 6.07) is 0. The van der Waals surface area contributed by atoms with Crippen LogP contribution in [0.2, 0.25) is 0 Å². The van der Waals surface area contributed by atoms with Crippen LogP contribution in [-0.4, -0.2) is 50.3 Å². The predicted molar refractivity (Wildman–Crippen MR) is 92.2 cm³/mol. The molecule has 0 bridgehead atoms. The largest absolute Gasteiger partial charge is 0.381 e. The second-order valence-electron chi connectivity index (χ2n) is 6.74. The van der Waals surface area contributed by atoms with Crippen molar-refractivity contribution in [3.8, 4) is 0 Å². The molecule has 0 rings (SSSR count). The highest BCUT2D eigenvalue weighted by Crippen LogP contribution is 1.97. The lowest BCUT2D eigenvalue weighted by Crippen LogP contribution is -2.43. The van der Waals surface area contributed by atoms with E-state index in [0.717, 1.165) is 32.7 Å². The normalized spacial score (nSPS) is 12.4. The van der Waals surface area contributed by atoms with Gasteiger partial charge in [-0.15, -0.1) is 0 Å². The first-order valence-corrected chi connectivity index (χ1v) is 8.15. The molecule has 0 unspecified atom stereocenters. The third kappa shape index (κ3) is 13.7. The fourth-order valence-electron chi connectivity index (χ4n) is 1.65. The van der Waals surface area contributed by atoms with E-state index in [-0.39, 0.29) is 18.0 Å². The third-order valence-electron chi connectivity index (χ3n) is 2.45. The molecule has 0 aromatic heterocycles. The fourth-order valence-corrected chi connectivity index (χ4v) is 1.65. The summed E-state index contributed by atoms with van der Waals surface area (Å²) in [5.41, 5.74) is -0.230. The summed E-state index contributed by atoms with van der Waals surface area (Å²) in [5.74, 6) is 1.15. The maximum Gasteiger partial charge on any atom is 0.242 e. The molecule has 22 heavy (non-hydrogen) atoms. The number of aliphatic imine (C=N–C) groups is 1. The lowest BCUT2D eigenvalue weighted by molar-refractivity contribution is -0.121. The van der Waals surface area contributed by atoms with Gasteiger partial charge in [0.25, 0.3) is 0 Å². The first-order valence-electron chi connectivity index (χ1n) is 8.15. The lowest BCUT2D eigenvalue weighted by atomic mass is 10.1. The van der Waals surface area contributed by atoms with E-state index in [1.165, 1.54) is 0 Å². The minimum Gasteiger partial charge on any atom is -0.381 e. The second kappa shape index (κ2) is 11.3.